The molecule has 1 aromatic carbocycles. The van der Waals surface area contributed by atoms with Gasteiger partial charge in [0.1, 0.15) is 12.0 Å². The fourth-order valence-electron chi connectivity index (χ4n) is 3.91. The molecule has 4 rings (SSSR count). The number of hydrogen-bond acceptors (Lipinski definition) is 5. The second-order valence-corrected chi connectivity index (χ2v) is 6.87. The minimum atomic E-state index is -0.914. The molecule has 2 heterocycles. The van der Waals surface area contributed by atoms with Gasteiger partial charge in [-0.05, 0) is 41.5 Å². The zero-order valence-corrected chi connectivity index (χ0v) is 15.2. The zero-order valence-electron chi connectivity index (χ0n) is 15.2. The normalized spacial score (nSPS) is 16.2. The van der Waals surface area contributed by atoms with Gasteiger partial charge in [0.2, 0.25) is 0 Å². The molecule has 0 amide bonds. The fourth-order valence-corrected chi connectivity index (χ4v) is 3.91. The third-order valence-electron chi connectivity index (χ3n) is 5.22. The molecule has 0 saturated heterocycles. The van der Waals surface area contributed by atoms with E-state index in [0.717, 1.165) is 29.5 Å². The zero-order chi connectivity index (χ0) is 19.1. The van der Waals surface area contributed by atoms with Crippen molar-refractivity contribution >= 4 is 17.0 Å². The Bertz CT molecular complexity index is 1010. The first-order valence-corrected chi connectivity index (χ1v) is 9.18. The highest BCUT2D eigenvalue weighted by molar-refractivity contribution is 5.82. The van der Waals surface area contributed by atoms with Gasteiger partial charge in [-0.15, -0.1) is 0 Å². The lowest BCUT2D eigenvalue weighted by molar-refractivity contribution is 0.343. The van der Waals surface area contributed by atoms with E-state index < -0.39 is 12.2 Å². The minimum Gasteiger partial charge on any atom is -0.382 e. The Morgan fingerprint density at radius 1 is 1.22 bits per heavy atom. The highest BCUT2D eigenvalue weighted by Crippen LogP contribution is 2.36. The molecule has 1 unspecified atom stereocenters. The molecule has 1 aliphatic rings. The smallest absolute Gasteiger partial charge is 0.312 e. The first-order valence-electron chi connectivity index (χ1n) is 9.18. The number of rotatable bonds is 5. The van der Waals surface area contributed by atoms with Gasteiger partial charge in [0.15, 0.2) is 17.0 Å². The maximum atomic E-state index is 14.2. The number of hydrogen-bond donors (Lipinski definition) is 2. The van der Waals surface area contributed by atoms with Gasteiger partial charge in [0, 0.05) is 19.5 Å². The lowest BCUT2D eigenvalue weighted by Gasteiger charge is -2.13. The molecule has 0 bridgehead atoms. The van der Waals surface area contributed by atoms with Gasteiger partial charge in [-0.2, -0.15) is 14.4 Å². The van der Waals surface area contributed by atoms with E-state index in [1.165, 1.54) is 5.56 Å². The van der Waals surface area contributed by atoms with Gasteiger partial charge in [-0.25, -0.2) is 9.37 Å². The number of aryl methyl sites for hydroxylation is 2. The van der Waals surface area contributed by atoms with E-state index in [1.54, 1.807) is 4.57 Å². The largest absolute Gasteiger partial charge is 0.382 e. The Morgan fingerprint density at radius 2 is 2.04 bits per heavy atom. The number of halogens is 2. The van der Waals surface area contributed by atoms with Crippen LogP contribution in [0.3, 0.4) is 0 Å². The number of nitrogens with zero attached hydrogens (tertiary/aromatic N) is 4. The molecule has 0 radical (unpaired) electrons. The Labute approximate surface area is 155 Å². The Kier molecular flexibility index (Phi) is 4.51. The summed E-state index contributed by atoms with van der Waals surface area (Å²) in [5, 5.41) is 0. The number of fused-ring (bicyclic) bond motifs is 2. The number of benzene rings is 1. The third kappa shape index (κ3) is 3.03. The third-order valence-corrected chi connectivity index (χ3v) is 5.22. The van der Waals surface area contributed by atoms with Gasteiger partial charge in [-0.1, -0.05) is 19.1 Å². The molecular formula is C19H22F2N6. The highest BCUT2D eigenvalue weighted by Gasteiger charge is 2.24. The standard InChI is InChI=1S/C19H22F2N6/c1-2-10-7-11-3-4-14(20)13(11)8-12(10)9-15-24-16-17(23)25-19(21)26-18(16)27(15)6-5-22/h7-8,14H,2-6,9,22H2,1H3,(H2,23,25,26). The van der Waals surface area contributed by atoms with Crippen molar-refractivity contribution in [2.24, 2.45) is 5.73 Å². The molecule has 0 saturated carbocycles. The van der Waals surface area contributed by atoms with Crippen LogP contribution in [0.4, 0.5) is 14.6 Å². The van der Waals surface area contributed by atoms with Gasteiger partial charge in [0.05, 0.1) is 0 Å². The van der Waals surface area contributed by atoms with Crippen molar-refractivity contribution < 1.29 is 8.78 Å². The minimum absolute atomic E-state index is 0.00279. The molecule has 1 atom stereocenters. The summed E-state index contributed by atoms with van der Waals surface area (Å²) in [4.78, 5) is 12.0. The van der Waals surface area contributed by atoms with Crippen molar-refractivity contribution in [1.29, 1.82) is 0 Å². The summed E-state index contributed by atoms with van der Waals surface area (Å²) < 4.78 is 29.6. The van der Waals surface area contributed by atoms with Crippen molar-refractivity contribution in [3.63, 3.8) is 0 Å². The lowest BCUT2D eigenvalue weighted by atomic mass is 9.96. The molecule has 0 spiro atoms. The predicted octanol–water partition coefficient (Wildman–Crippen LogP) is 2.62. The van der Waals surface area contributed by atoms with Crippen LogP contribution in [0.1, 0.15) is 47.6 Å². The molecule has 1 aliphatic carbocycles. The number of anilines is 1. The average molecular weight is 372 g/mol. The first kappa shape index (κ1) is 17.8. The van der Waals surface area contributed by atoms with Crippen LogP contribution in [0.15, 0.2) is 12.1 Å². The van der Waals surface area contributed by atoms with E-state index in [4.69, 9.17) is 11.5 Å². The SMILES string of the molecule is CCc1cc2c(cc1Cc1nc3c(N)nc(F)nc3n1CCN)C(F)CC2. The maximum absolute atomic E-state index is 14.2. The molecule has 3 aromatic rings. The van der Waals surface area contributed by atoms with Gasteiger partial charge in [-0.3, -0.25) is 0 Å². The number of aromatic nitrogens is 4. The van der Waals surface area contributed by atoms with E-state index >= 15 is 0 Å². The molecule has 142 valence electrons. The monoisotopic (exact) mass is 372 g/mol. The van der Waals surface area contributed by atoms with E-state index in [9.17, 15) is 8.78 Å². The van der Waals surface area contributed by atoms with Crippen molar-refractivity contribution in [2.75, 3.05) is 12.3 Å². The molecule has 6 nitrogen and oxygen atoms in total. The van der Waals surface area contributed by atoms with Gasteiger partial charge >= 0.3 is 6.08 Å². The quantitative estimate of drug-likeness (QED) is 0.671. The number of alkyl halides is 1. The van der Waals surface area contributed by atoms with Crippen LogP contribution in [-0.2, 0) is 25.8 Å². The topological polar surface area (TPSA) is 95.6 Å². The van der Waals surface area contributed by atoms with Crippen molar-refractivity contribution in [1.82, 2.24) is 19.5 Å². The molecule has 2 aromatic heterocycles. The Hall–Kier alpha value is -2.61. The van der Waals surface area contributed by atoms with E-state index in [0.29, 0.717) is 42.9 Å². The van der Waals surface area contributed by atoms with Crippen molar-refractivity contribution in [3.8, 4) is 0 Å². The van der Waals surface area contributed by atoms with Crippen molar-refractivity contribution in [2.45, 2.75) is 45.3 Å². The molecule has 4 N–H and O–H groups in total. The fraction of sp³-hybridized carbons (Fsp3) is 0.421. The summed E-state index contributed by atoms with van der Waals surface area (Å²) >= 11 is 0. The van der Waals surface area contributed by atoms with Crippen LogP contribution in [0, 0.1) is 6.08 Å². The summed E-state index contributed by atoms with van der Waals surface area (Å²) in [6.07, 6.45) is 0.827. The van der Waals surface area contributed by atoms with Crippen molar-refractivity contribution in [3.05, 3.63) is 46.3 Å². The number of nitrogen functional groups attached to an aromatic ring is 1. The van der Waals surface area contributed by atoms with Crippen LogP contribution in [-0.4, -0.2) is 26.1 Å². The number of imidazole rings is 1. The van der Waals surface area contributed by atoms with Crippen LogP contribution in [0.25, 0.3) is 11.2 Å². The van der Waals surface area contributed by atoms with Crippen LogP contribution >= 0.6 is 0 Å². The summed E-state index contributed by atoms with van der Waals surface area (Å²) in [6.45, 7) is 2.86. The van der Waals surface area contributed by atoms with Crippen LogP contribution in [0.2, 0.25) is 0 Å². The summed E-state index contributed by atoms with van der Waals surface area (Å²) in [6, 6.07) is 4.06. The second-order valence-electron chi connectivity index (χ2n) is 6.87. The van der Waals surface area contributed by atoms with Crippen LogP contribution in [0.5, 0.6) is 0 Å². The van der Waals surface area contributed by atoms with E-state index in [-0.39, 0.29) is 5.82 Å². The molecule has 0 aliphatic heterocycles. The second kappa shape index (κ2) is 6.84. The van der Waals surface area contributed by atoms with E-state index in [1.807, 2.05) is 6.07 Å². The predicted molar refractivity (Wildman–Crippen MR) is 99.5 cm³/mol. The van der Waals surface area contributed by atoms with Gasteiger partial charge < -0.3 is 16.0 Å². The maximum Gasteiger partial charge on any atom is 0.312 e. The average Bonchev–Trinajstić information content (AvgIpc) is 3.16. The van der Waals surface area contributed by atoms with E-state index in [2.05, 4.69) is 27.9 Å². The first-order chi connectivity index (χ1) is 13.0. The number of nitrogens with two attached hydrogens (primary N) is 2. The highest BCUT2D eigenvalue weighted by atomic mass is 19.1. The molecular weight excluding hydrogens is 350 g/mol. The summed E-state index contributed by atoms with van der Waals surface area (Å²) in [5.41, 5.74) is 16.3. The summed E-state index contributed by atoms with van der Waals surface area (Å²) in [7, 11) is 0. The Morgan fingerprint density at radius 3 is 2.78 bits per heavy atom. The Balaban J connectivity index is 1.83. The molecule has 27 heavy (non-hydrogen) atoms. The van der Waals surface area contributed by atoms with Crippen LogP contribution < -0.4 is 11.5 Å². The van der Waals surface area contributed by atoms with Gasteiger partial charge in [0.25, 0.3) is 0 Å². The molecule has 8 heteroatoms. The lowest BCUT2D eigenvalue weighted by Crippen LogP contribution is -2.14. The molecule has 0 fully saturated rings. The summed E-state index contributed by atoms with van der Waals surface area (Å²) in [5.74, 6) is 0.674.